The van der Waals surface area contributed by atoms with E-state index in [1.54, 1.807) is 6.92 Å². The molecule has 1 rings (SSSR count). The molecule has 0 aromatic heterocycles. The van der Waals surface area contributed by atoms with Crippen LogP contribution in [0.5, 0.6) is 0 Å². The van der Waals surface area contributed by atoms with E-state index in [1.165, 1.54) is 0 Å². The first-order chi connectivity index (χ1) is 6.10. The van der Waals surface area contributed by atoms with E-state index in [2.05, 4.69) is 0 Å². The van der Waals surface area contributed by atoms with Crippen LogP contribution in [0.25, 0.3) is 0 Å². The first-order valence-corrected chi connectivity index (χ1v) is 4.64. The molecule has 0 aromatic rings. The van der Waals surface area contributed by atoms with Gasteiger partial charge in [0, 0.05) is 0 Å². The Morgan fingerprint density at radius 2 is 2.15 bits per heavy atom. The van der Waals surface area contributed by atoms with Crippen molar-refractivity contribution in [2.45, 2.75) is 32.5 Å². The molecule has 13 heavy (non-hydrogen) atoms. The molecule has 2 N–H and O–H groups in total. The molecule has 74 valence electrons. The minimum atomic E-state index is -1.41. The fourth-order valence-corrected chi connectivity index (χ4v) is 1.73. The van der Waals surface area contributed by atoms with Crippen LogP contribution in [-0.4, -0.2) is 29.7 Å². The summed E-state index contributed by atoms with van der Waals surface area (Å²) in [7, 11) is -1.41. The first-order valence-electron chi connectivity index (χ1n) is 4.64. The highest BCUT2D eigenvalue weighted by atomic mass is 16.5. The van der Waals surface area contributed by atoms with Gasteiger partial charge in [0.1, 0.15) is 0 Å². The lowest BCUT2D eigenvalue weighted by Gasteiger charge is -2.38. The molecule has 1 fully saturated rings. The highest BCUT2D eigenvalue weighted by molar-refractivity contribution is 6.41. The highest BCUT2D eigenvalue weighted by Gasteiger charge is 2.47. The number of ether oxygens (including phenoxy) is 1. The van der Waals surface area contributed by atoms with Crippen LogP contribution in [0.1, 0.15) is 26.2 Å². The smallest absolute Gasteiger partial charge is 0.452 e. The largest absolute Gasteiger partial charge is 0.466 e. The zero-order valence-corrected chi connectivity index (χ0v) is 7.82. The molecule has 0 atom stereocenters. The van der Waals surface area contributed by atoms with Gasteiger partial charge in [0.05, 0.1) is 12.0 Å². The third kappa shape index (κ3) is 2.22. The van der Waals surface area contributed by atoms with Crippen molar-refractivity contribution in [1.82, 2.24) is 0 Å². The van der Waals surface area contributed by atoms with Crippen LogP contribution in [0, 0.1) is 5.41 Å². The summed E-state index contributed by atoms with van der Waals surface area (Å²) < 4.78 is 4.89. The predicted molar refractivity (Wildman–Crippen MR) is 47.9 cm³/mol. The average molecular weight is 186 g/mol. The van der Waals surface area contributed by atoms with Gasteiger partial charge >= 0.3 is 13.1 Å². The molecule has 1 aliphatic rings. The lowest BCUT2D eigenvalue weighted by atomic mass is 9.58. The molecule has 0 saturated heterocycles. The van der Waals surface area contributed by atoms with Gasteiger partial charge in [-0.15, -0.1) is 0 Å². The van der Waals surface area contributed by atoms with Crippen molar-refractivity contribution in [1.29, 1.82) is 0 Å². The van der Waals surface area contributed by atoms with Crippen LogP contribution in [0.4, 0.5) is 0 Å². The van der Waals surface area contributed by atoms with Gasteiger partial charge in [-0.25, -0.2) is 0 Å². The van der Waals surface area contributed by atoms with Crippen LogP contribution >= 0.6 is 0 Å². The standard InChI is InChI=1S/C8H15BO4/c1-2-13-7(10)8(4-3-5-8)6-9(11)12/h11-12H,2-6H2,1H3. The van der Waals surface area contributed by atoms with Crippen molar-refractivity contribution in [2.24, 2.45) is 5.41 Å². The van der Waals surface area contributed by atoms with Gasteiger partial charge < -0.3 is 14.8 Å². The summed E-state index contributed by atoms with van der Waals surface area (Å²) >= 11 is 0. The minimum Gasteiger partial charge on any atom is -0.466 e. The molecule has 1 aliphatic carbocycles. The number of hydrogen-bond acceptors (Lipinski definition) is 4. The second-order valence-electron chi connectivity index (χ2n) is 3.54. The molecule has 4 nitrogen and oxygen atoms in total. The van der Waals surface area contributed by atoms with Crippen LogP contribution in [0.3, 0.4) is 0 Å². The zero-order valence-electron chi connectivity index (χ0n) is 7.82. The van der Waals surface area contributed by atoms with Crippen LogP contribution in [0.2, 0.25) is 6.32 Å². The maximum Gasteiger partial charge on any atom is 0.452 e. The van der Waals surface area contributed by atoms with Gasteiger partial charge in [-0.05, 0) is 26.1 Å². The molecule has 0 unspecified atom stereocenters. The summed E-state index contributed by atoms with van der Waals surface area (Å²) in [4.78, 5) is 11.4. The lowest BCUT2D eigenvalue weighted by molar-refractivity contribution is -0.159. The Balaban J connectivity index is 2.53. The summed E-state index contributed by atoms with van der Waals surface area (Å²) in [6.45, 7) is 2.10. The van der Waals surface area contributed by atoms with Crippen molar-refractivity contribution in [3.8, 4) is 0 Å². The molecule has 0 amide bonds. The fourth-order valence-electron chi connectivity index (χ4n) is 1.73. The summed E-state index contributed by atoms with van der Waals surface area (Å²) in [5.41, 5.74) is -0.607. The molecule has 0 spiro atoms. The second-order valence-corrected chi connectivity index (χ2v) is 3.54. The van der Waals surface area contributed by atoms with Crippen LogP contribution < -0.4 is 0 Å². The van der Waals surface area contributed by atoms with Crippen molar-refractivity contribution < 1.29 is 19.6 Å². The number of carbonyl (C=O) groups is 1. The first kappa shape index (κ1) is 10.5. The number of carbonyl (C=O) groups excluding carboxylic acids is 1. The van der Waals surface area contributed by atoms with Crippen LogP contribution in [0.15, 0.2) is 0 Å². The summed E-state index contributed by atoms with van der Waals surface area (Å²) in [5, 5.41) is 17.6. The van der Waals surface area contributed by atoms with E-state index in [4.69, 9.17) is 14.8 Å². The number of esters is 1. The molecular weight excluding hydrogens is 171 g/mol. The Labute approximate surface area is 78.0 Å². The number of rotatable bonds is 4. The van der Waals surface area contributed by atoms with E-state index in [0.717, 1.165) is 6.42 Å². The van der Waals surface area contributed by atoms with E-state index in [-0.39, 0.29) is 12.3 Å². The molecule has 1 saturated carbocycles. The monoisotopic (exact) mass is 186 g/mol. The summed E-state index contributed by atoms with van der Waals surface area (Å²) in [5.74, 6) is -0.283. The highest BCUT2D eigenvalue weighted by Crippen LogP contribution is 2.45. The third-order valence-corrected chi connectivity index (χ3v) is 2.59. The van der Waals surface area contributed by atoms with Crippen molar-refractivity contribution in [2.75, 3.05) is 6.61 Å². The zero-order chi connectivity index (χ0) is 9.90. The predicted octanol–water partition coefficient (Wildman–Crippen LogP) is 0.193. The average Bonchev–Trinajstić information content (AvgIpc) is 1.96. The Kier molecular flexibility index (Phi) is 3.33. The van der Waals surface area contributed by atoms with E-state index in [1.807, 2.05) is 0 Å². The maximum absolute atomic E-state index is 11.4. The SMILES string of the molecule is CCOC(=O)C1(CB(O)O)CCC1. The lowest BCUT2D eigenvalue weighted by Crippen LogP contribution is -2.42. The summed E-state index contributed by atoms with van der Waals surface area (Å²) in [6.07, 6.45) is 2.49. The Morgan fingerprint density at radius 3 is 2.46 bits per heavy atom. The van der Waals surface area contributed by atoms with Crippen LogP contribution in [-0.2, 0) is 9.53 Å². The van der Waals surface area contributed by atoms with Gasteiger partial charge in [0.25, 0.3) is 0 Å². The third-order valence-electron chi connectivity index (χ3n) is 2.59. The van der Waals surface area contributed by atoms with Crippen molar-refractivity contribution >= 4 is 13.1 Å². The molecule has 0 heterocycles. The Morgan fingerprint density at radius 1 is 1.54 bits per heavy atom. The van der Waals surface area contributed by atoms with Gasteiger partial charge in [-0.3, -0.25) is 4.79 Å². The van der Waals surface area contributed by atoms with E-state index in [9.17, 15) is 4.79 Å². The number of hydrogen-bond donors (Lipinski definition) is 2. The van der Waals surface area contributed by atoms with E-state index >= 15 is 0 Å². The van der Waals surface area contributed by atoms with Gasteiger partial charge in [0.15, 0.2) is 0 Å². The van der Waals surface area contributed by atoms with Crippen molar-refractivity contribution in [3.05, 3.63) is 0 Å². The molecule has 0 aromatic carbocycles. The topological polar surface area (TPSA) is 66.8 Å². The van der Waals surface area contributed by atoms with Crippen molar-refractivity contribution in [3.63, 3.8) is 0 Å². The minimum absolute atomic E-state index is 0.103. The molecule has 0 aliphatic heterocycles. The van der Waals surface area contributed by atoms with Gasteiger partial charge in [-0.2, -0.15) is 0 Å². The molecule has 5 heteroatoms. The quantitative estimate of drug-likeness (QED) is 0.485. The fraction of sp³-hybridized carbons (Fsp3) is 0.875. The van der Waals surface area contributed by atoms with Gasteiger partial charge in [0.2, 0.25) is 0 Å². The van der Waals surface area contributed by atoms with Gasteiger partial charge in [-0.1, -0.05) is 6.42 Å². The Hall–Kier alpha value is -0.545. The molecule has 0 radical (unpaired) electrons. The maximum atomic E-state index is 11.4. The Bertz CT molecular complexity index is 189. The normalized spacial score (nSPS) is 19.0. The second kappa shape index (κ2) is 4.11. The van der Waals surface area contributed by atoms with E-state index < -0.39 is 12.5 Å². The van der Waals surface area contributed by atoms with E-state index in [0.29, 0.717) is 19.4 Å². The molecular formula is C8H15BO4. The molecule has 0 bridgehead atoms. The summed E-state index contributed by atoms with van der Waals surface area (Å²) in [6, 6.07) is 0.